The minimum atomic E-state index is -0.277. The molecule has 0 aliphatic carbocycles. The minimum absolute atomic E-state index is 0.277. The highest BCUT2D eigenvalue weighted by Gasteiger charge is 2.16. The first-order valence-corrected chi connectivity index (χ1v) is 8.12. The summed E-state index contributed by atoms with van der Waals surface area (Å²) in [5.74, 6) is 1.32. The van der Waals surface area contributed by atoms with Gasteiger partial charge >= 0.3 is 0 Å². The monoisotopic (exact) mass is 349 g/mol. The van der Waals surface area contributed by atoms with E-state index in [-0.39, 0.29) is 5.82 Å². The number of aliphatic imine (C=N–C) groups is 1. The molecule has 0 N–H and O–H groups in total. The first kappa shape index (κ1) is 17.5. The quantitative estimate of drug-likeness (QED) is 0.651. The summed E-state index contributed by atoms with van der Waals surface area (Å²) in [6.07, 6.45) is 5.19. The molecular formula is C20H20FN5. The molecule has 0 saturated carbocycles. The van der Waals surface area contributed by atoms with Crippen LogP contribution >= 0.6 is 0 Å². The Morgan fingerprint density at radius 2 is 1.88 bits per heavy atom. The number of hydrogen-bond donors (Lipinski definition) is 0. The highest BCUT2D eigenvalue weighted by Crippen LogP contribution is 2.27. The Morgan fingerprint density at radius 3 is 2.46 bits per heavy atom. The minimum Gasteiger partial charge on any atom is -0.363 e. The fourth-order valence-electron chi connectivity index (χ4n) is 2.68. The Labute approximate surface area is 152 Å². The average molecular weight is 349 g/mol. The van der Waals surface area contributed by atoms with Gasteiger partial charge in [0.2, 0.25) is 0 Å². The highest BCUT2D eigenvalue weighted by molar-refractivity contribution is 5.65. The van der Waals surface area contributed by atoms with Crippen LogP contribution in [-0.4, -0.2) is 35.3 Å². The normalized spacial score (nSPS) is 11.1. The van der Waals surface area contributed by atoms with E-state index in [2.05, 4.69) is 16.7 Å². The van der Waals surface area contributed by atoms with E-state index in [0.29, 0.717) is 0 Å². The van der Waals surface area contributed by atoms with Gasteiger partial charge in [-0.15, -0.1) is 0 Å². The number of benzene rings is 1. The summed E-state index contributed by atoms with van der Waals surface area (Å²) in [6, 6.07) is 10.3. The topological polar surface area (TPSA) is 46.3 Å². The van der Waals surface area contributed by atoms with Crippen molar-refractivity contribution in [3.8, 4) is 17.1 Å². The molecule has 3 rings (SSSR count). The third kappa shape index (κ3) is 3.39. The molecule has 0 aliphatic rings. The predicted molar refractivity (Wildman–Crippen MR) is 104 cm³/mol. The third-order valence-corrected chi connectivity index (χ3v) is 4.03. The Morgan fingerprint density at radius 1 is 1.15 bits per heavy atom. The van der Waals surface area contributed by atoms with E-state index < -0.39 is 0 Å². The van der Waals surface area contributed by atoms with Crippen LogP contribution < -0.4 is 4.90 Å². The van der Waals surface area contributed by atoms with Crippen molar-refractivity contribution in [3.05, 3.63) is 66.0 Å². The van der Waals surface area contributed by atoms with Gasteiger partial charge in [0.05, 0.1) is 5.69 Å². The number of nitrogens with zero attached hydrogens (tertiary/aromatic N) is 5. The molecule has 26 heavy (non-hydrogen) atoms. The second-order valence-electron chi connectivity index (χ2n) is 6.02. The van der Waals surface area contributed by atoms with Gasteiger partial charge in [0.1, 0.15) is 17.5 Å². The molecule has 0 saturated heterocycles. The van der Waals surface area contributed by atoms with Gasteiger partial charge in [-0.05, 0) is 56.1 Å². The van der Waals surface area contributed by atoms with E-state index in [9.17, 15) is 4.39 Å². The van der Waals surface area contributed by atoms with E-state index in [1.165, 1.54) is 12.1 Å². The maximum Gasteiger partial charge on any atom is 0.147 e. The van der Waals surface area contributed by atoms with E-state index >= 15 is 0 Å². The zero-order chi connectivity index (χ0) is 18.7. The molecule has 0 fully saturated rings. The fourth-order valence-corrected chi connectivity index (χ4v) is 2.68. The van der Waals surface area contributed by atoms with E-state index in [1.54, 1.807) is 30.6 Å². The van der Waals surface area contributed by atoms with Crippen LogP contribution in [0, 0.1) is 12.7 Å². The van der Waals surface area contributed by atoms with Crippen LogP contribution in [0.5, 0.6) is 0 Å². The Kier molecular flexibility index (Phi) is 4.93. The number of imidazole rings is 1. The van der Waals surface area contributed by atoms with Crippen LogP contribution in [0.3, 0.4) is 0 Å². The number of halogens is 1. The largest absolute Gasteiger partial charge is 0.363 e. The molecule has 2 heterocycles. The molecular weight excluding hydrogens is 329 g/mol. The first-order valence-electron chi connectivity index (χ1n) is 8.12. The predicted octanol–water partition coefficient (Wildman–Crippen LogP) is 4.12. The van der Waals surface area contributed by atoms with Crippen molar-refractivity contribution in [3.63, 3.8) is 0 Å². The molecule has 0 radical (unpaired) electrons. The third-order valence-electron chi connectivity index (χ3n) is 4.03. The Balaban J connectivity index is 2.17. The zero-order valence-corrected chi connectivity index (χ0v) is 15.0. The second kappa shape index (κ2) is 7.31. The van der Waals surface area contributed by atoms with Crippen LogP contribution in [0.2, 0.25) is 0 Å². The highest BCUT2D eigenvalue weighted by atomic mass is 19.1. The van der Waals surface area contributed by atoms with Crippen LogP contribution in [-0.2, 0) is 0 Å². The van der Waals surface area contributed by atoms with Gasteiger partial charge < -0.3 is 4.90 Å². The van der Waals surface area contributed by atoms with Crippen LogP contribution in [0.15, 0.2) is 53.8 Å². The van der Waals surface area contributed by atoms with Crippen LogP contribution in [0.1, 0.15) is 11.4 Å². The van der Waals surface area contributed by atoms with E-state index in [1.807, 2.05) is 42.6 Å². The smallest absolute Gasteiger partial charge is 0.147 e. The molecule has 0 unspecified atom stereocenters. The molecule has 132 valence electrons. The standard InChI is InChI=1S/C20H20FN5/c1-14-18(11-12-22-2)24-20(15-5-10-19(23-13-15)25(3)4)26(14)17-8-6-16(21)7-9-17/h5-13H,2H2,1,3-4H3/b12-11-. The lowest BCUT2D eigenvalue weighted by molar-refractivity contribution is 0.627. The molecule has 0 amide bonds. The van der Waals surface area contributed by atoms with Crippen molar-refractivity contribution in [2.75, 3.05) is 19.0 Å². The lowest BCUT2D eigenvalue weighted by Gasteiger charge is -2.13. The SMILES string of the molecule is C=N/C=C\c1nc(-c2ccc(N(C)C)nc2)n(-c2ccc(F)cc2)c1C. The zero-order valence-electron chi connectivity index (χ0n) is 15.0. The van der Waals surface area contributed by atoms with Gasteiger partial charge in [-0.2, -0.15) is 0 Å². The molecule has 0 bridgehead atoms. The van der Waals surface area contributed by atoms with Crippen molar-refractivity contribution in [1.82, 2.24) is 14.5 Å². The van der Waals surface area contributed by atoms with Gasteiger partial charge in [0, 0.05) is 43.4 Å². The maximum absolute atomic E-state index is 13.3. The van der Waals surface area contributed by atoms with Crippen molar-refractivity contribution >= 4 is 18.6 Å². The van der Waals surface area contributed by atoms with Gasteiger partial charge in [0.25, 0.3) is 0 Å². The molecule has 0 atom stereocenters. The van der Waals surface area contributed by atoms with Gasteiger partial charge in [-0.25, -0.2) is 14.4 Å². The number of rotatable bonds is 5. The maximum atomic E-state index is 13.3. The van der Waals surface area contributed by atoms with E-state index in [0.717, 1.165) is 34.3 Å². The van der Waals surface area contributed by atoms with E-state index in [4.69, 9.17) is 4.98 Å². The fraction of sp³-hybridized carbons (Fsp3) is 0.150. The van der Waals surface area contributed by atoms with Crippen molar-refractivity contribution < 1.29 is 4.39 Å². The molecule has 1 aromatic carbocycles. The number of aromatic nitrogens is 3. The molecule has 0 spiro atoms. The van der Waals surface area contributed by atoms with Gasteiger partial charge in [-0.3, -0.25) is 9.56 Å². The number of anilines is 1. The summed E-state index contributed by atoms with van der Waals surface area (Å²) in [6.45, 7) is 5.42. The first-order chi connectivity index (χ1) is 12.5. The Hall–Kier alpha value is -3.28. The summed E-state index contributed by atoms with van der Waals surface area (Å²) < 4.78 is 15.3. The lowest BCUT2D eigenvalue weighted by atomic mass is 10.2. The molecule has 3 aromatic rings. The average Bonchev–Trinajstić information content (AvgIpc) is 2.97. The van der Waals surface area contributed by atoms with Crippen LogP contribution in [0.4, 0.5) is 10.2 Å². The molecule has 2 aromatic heterocycles. The summed E-state index contributed by atoms with van der Waals surface area (Å²) in [5.41, 5.74) is 3.39. The van der Waals surface area contributed by atoms with Crippen molar-refractivity contribution in [2.24, 2.45) is 4.99 Å². The van der Waals surface area contributed by atoms with Gasteiger partial charge in [0.15, 0.2) is 0 Å². The summed E-state index contributed by atoms with van der Waals surface area (Å²) in [4.78, 5) is 14.9. The summed E-state index contributed by atoms with van der Waals surface area (Å²) >= 11 is 0. The lowest BCUT2D eigenvalue weighted by Crippen LogP contribution is -2.10. The van der Waals surface area contributed by atoms with Crippen molar-refractivity contribution in [2.45, 2.75) is 6.92 Å². The second-order valence-corrected chi connectivity index (χ2v) is 6.02. The molecule has 6 heteroatoms. The summed E-state index contributed by atoms with van der Waals surface area (Å²) in [7, 11) is 3.88. The van der Waals surface area contributed by atoms with Crippen LogP contribution in [0.25, 0.3) is 23.2 Å². The summed E-state index contributed by atoms with van der Waals surface area (Å²) in [5, 5.41) is 0. The molecule has 5 nitrogen and oxygen atoms in total. The number of hydrogen-bond acceptors (Lipinski definition) is 4. The Bertz CT molecular complexity index is 938. The number of pyridine rings is 1. The van der Waals surface area contributed by atoms with Crippen molar-refractivity contribution in [1.29, 1.82) is 0 Å². The van der Waals surface area contributed by atoms with Gasteiger partial charge in [-0.1, -0.05) is 0 Å². The molecule has 0 aliphatic heterocycles.